The number of aliphatic hydroxyl groups is 1. The van der Waals surface area contributed by atoms with Crippen LogP contribution in [0.3, 0.4) is 0 Å². The molecule has 32 heavy (non-hydrogen) atoms. The number of rotatable bonds is 4. The number of hydrogen-bond acceptors (Lipinski definition) is 9. The van der Waals surface area contributed by atoms with E-state index in [0.29, 0.717) is 17.3 Å². The van der Waals surface area contributed by atoms with Crippen LogP contribution in [0, 0.1) is 12.3 Å². The Balaban J connectivity index is 1.52. The molecule has 3 aromatic heterocycles. The molecule has 0 unspecified atom stereocenters. The fourth-order valence-corrected chi connectivity index (χ4v) is 5.74. The van der Waals surface area contributed by atoms with Gasteiger partial charge in [-0.15, -0.1) is 0 Å². The summed E-state index contributed by atoms with van der Waals surface area (Å²) in [6, 6.07) is 3.80. The maximum atomic E-state index is 9.75. The zero-order chi connectivity index (χ0) is 22.5. The molecule has 0 aromatic carbocycles. The molecule has 1 atom stereocenters. The molecule has 9 nitrogen and oxygen atoms in total. The molecule has 5 N–H and O–H groups in total. The molecule has 11 heteroatoms. The Labute approximate surface area is 195 Å². The van der Waals surface area contributed by atoms with Gasteiger partial charge in [0.05, 0.1) is 36.2 Å². The van der Waals surface area contributed by atoms with E-state index in [1.165, 1.54) is 11.8 Å². The number of piperidine rings is 1. The van der Waals surface area contributed by atoms with E-state index >= 15 is 0 Å². The largest absolute Gasteiger partial charge is 0.390 e. The SMILES string of the molecule is Cc1nc(N2CCC3(CC2)COC[C@H]3N)c2cc(CO)nn2c1Sc1ccnc(N)c1Cl. The molecule has 170 valence electrons. The summed E-state index contributed by atoms with van der Waals surface area (Å²) in [4.78, 5) is 12.1. The van der Waals surface area contributed by atoms with Gasteiger partial charge < -0.3 is 26.2 Å². The molecule has 5 rings (SSSR count). The Hall–Kier alpha value is -2.11. The highest BCUT2D eigenvalue weighted by Gasteiger charge is 2.44. The predicted octanol–water partition coefficient (Wildman–Crippen LogP) is 2.26. The second-order valence-electron chi connectivity index (χ2n) is 8.50. The van der Waals surface area contributed by atoms with E-state index in [-0.39, 0.29) is 23.9 Å². The van der Waals surface area contributed by atoms with Crippen LogP contribution in [-0.2, 0) is 11.3 Å². The summed E-state index contributed by atoms with van der Waals surface area (Å²) in [7, 11) is 0. The lowest BCUT2D eigenvalue weighted by Crippen LogP contribution is -2.49. The lowest BCUT2D eigenvalue weighted by Gasteiger charge is -2.41. The molecule has 1 spiro atoms. The van der Waals surface area contributed by atoms with E-state index in [1.807, 2.05) is 23.6 Å². The number of halogens is 1. The summed E-state index contributed by atoms with van der Waals surface area (Å²) >= 11 is 7.81. The van der Waals surface area contributed by atoms with Crippen LogP contribution in [0.15, 0.2) is 28.3 Å². The third kappa shape index (κ3) is 3.60. The molecule has 0 bridgehead atoms. The molecular formula is C21H26ClN7O2S. The summed E-state index contributed by atoms with van der Waals surface area (Å²) in [6.07, 6.45) is 3.55. The van der Waals surface area contributed by atoms with Crippen molar-refractivity contribution in [3.63, 3.8) is 0 Å². The Kier molecular flexibility index (Phi) is 5.67. The average molecular weight is 476 g/mol. The molecule has 0 saturated carbocycles. The van der Waals surface area contributed by atoms with Crippen molar-refractivity contribution < 1.29 is 9.84 Å². The molecular weight excluding hydrogens is 450 g/mol. The number of fused-ring (bicyclic) bond motifs is 1. The van der Waals surface area contributed by atoms with Crippen molar-refractivity contribution in [2.45, 2.75) is 42.3 Å². The summed E-state index contributed by atoms with van der Waals surface area (Å²) in [6.45, 7) is 4.86. The quantitative estimate of drug-likeness (QED) is 0.520. The Bertz CT molecular complexity index is 1160. The standard InChI is InChI=1S/C21H26ClN7O2S/c1-12-20(32-15-2-5-25-18(24)17(15)22)29-14(8-13(9-30)27-29)19(26-12)28-6-3-21(4-7-28)11-31-10-16(21)23/h2,5,8,16,30H,3-4,6-7,9-11,23H2,1H3,(H2,24,25)/t16-/m1/s1. The molecule has 0 aliphatic carbocycles. The second-order valence-corrected chi connectivity index (χ2v) is 9.91. The van der Waals surface area contributed by atoms with Crippen molar-refractivity contribution in [3.8, 4) is 0 Å². The number of pyridine rings is 1. The van der Waals surface area contributed by atoms with Crippen LogP contribution >= 0.6 is 23.4 Å². The monoisotopic (exact) mass is 475 g/mol. The van der Waals surface area contributed by atoms with Gasteiger partial charge in [-0.05, 0) is 31.9 Å². The van der Waals surface area contributed by atoms with Gasteiger partial charge in [0.25, 0.3) is 0 Å². The van der Waals surface area contributed by atoms with Gasteiger partial charge in [0, 0.05) is 35.6 Å². The van der Waals surface area contributed by atoms with E-state index < -0.39 is 0 Å². The lowest BCUT2D eigenvalue weighted by atomic mass is 9.75. The summed E-state index contributed by atoms with van der Waals surface area (Å²) in [5, 5.41) is 15.6. The highest BCUT2D eigenvalue weighted by atomic mass is 35.5. The Morgan fingerprint density at radius 2 is 2.16 bits per heavy atom. The van der Waals surface area contributed by atoms with Crippen molar-refractivity contribution in [2.24, 2.45) is 11.1 Å². The van der Waals surface area contributed by atoms with Crippen molar-refractivity contribution in [3.05, 3.63) is 34.7 Å². The highest BCUT2D eigenvalue weighted by Crippen LogP contribution is 2.42. The summed E-state index contributed by atoms with van der Waals surface area (Å²) in [5.74, 6) is 1.14. The number of nitrogens with zero attached hydrogens (tertiary/aromatic N) is 5. The average Bonchev–Trinajstić information content (AvgIpc) is 3.38. The number of hydrogen-bond donors (Lipinski definition) is 3. The number of aliphatic hydroxyl groups excluding tert-OH is 1. The van der Waals surface area contributed by atoms with Gasteiger partial charge in [-0.25, -0.2) is 14.5 Å². The molecule has 3 aromatic rings. The maximum absolute atomic E-state index is 9.75. The number of nitrogen functional groups attached to an aromatic ring is 1. The maximum Gasteiger partial charge on any atom is 0.155 e. The van der Waals surface area contributed by atoms with Crippen molar-refractivity contribution in [1.82, 2.24) is 19.6 Å². The minimum atomic E-state index is -0.150. The fourth-order valence-electron chi connectivity index (χ4n) is 4.56. The number of anilines is 2. The summed E-state index contributed by atoms with van der Waals surface area (Å²) in [5.41, 5.74) is 14.5. The van der Waals surface area contributed by atoms with Crippen molar-refractivity contribution in [2.75, 3.05) is 36.9 Å². The normalized spacial score (nSPS) is 20.5. The Morgan fingerprint density at radius 3 is 2.84 bits per heavy atom. The topological polar surface area (TPSA) is 128 Å². The molecule has 0 radical (unpaired) electrons. The van der Waals surface area contributed by atoms with Crippen LogP contribution in [-0.4, -0.2) is 57.0 Å². The van der Waals surface area contributed by atoms with Gasteiger partial charge in [-0.1, -0.05) is 23.4 Å². The lowest BCUT2D eigenvalue weighted by molar-refractivity contribution is 0.132. The molecule has 2 fully saturated rings. The molecule has 2 saturated heterocycles. The van der Waals surface area contributed by atoms with E-state index in [4.69, 9.17) is 32.8 Å². The van der Waals surface area contributed by atoms with Gasteiger partial charge in [-0.3, -0.25) is 0 Å². The first-order chi connectivity index (χ1) is 15.4. The number of nitrogens with two attached hydrogens (primary N) is 2. The molecule has 2 aliphatic heterocycles. The van der Waals surface area contributed by atoms with Crippen LogP contribution in [0.1, 0.15) is 24.2 Å². The van der Waals surface area contributed by atoms with E-state index in [1.54, 1.807) is 6.20 Å². The van der Waals surface area contributed by atoms with Crippen molar-refractivity contribution >= 4 is 40.5 Å². The Morgan fingerprint density at radius 1 is 1.38 bits per heavy atom. The van der Waals surface area contributed by atoms with Gasteiger partial charge in [-0.2, -0.15) is 5.10 Å². The first kappa shape index (κ1) is 21.7. The smallest absolute Gasteiger partial charge is 0.155 e. The zero-order valence-electron chi connectivity index (χ0n) is 17.8. The number of ether oxygens (including phenoxy) is 1. The minimum Gasteiger partial charge on any atom is -0.390 e. The molecule has 5 heterocycles. The second kappa shape index (κ2) is 8.35. The summed E-state index contributed by atoms with van der Waals surface area (Å²) < 4.78 is 7.50. The van der Waals surface area contributed by atoms with Gasteiger partial charge in [0.15, 0.2) is 5.82 Å². The van der Waals surface area contributed by atoms with Crippen LogP contribution in [0.2, 0.25) is 5.02 Å². The van der Waals surface area contributed by atoms with E-state index in [0.717, 1.165) is 59.5 Å². The van der Waals surface area contributed by atoms with Gasteiger partial charge in [0.1, 0.15) is 16.4 Å². The molecule has 2 aliphatic rings. The highest BCUT2D eigenvalue weighted by molar-refractivity contribution is 7.99. The van der Waals surface area contributed by atoms with Crippen LogP contribution in [0.5, 0.6) is 0 Å². The fraction of sp³-hybridized carbons (Fsp3) is 0.476. The first-order valence-corrected chi connectivity index (χ1v) is 11.8. The predicted molar refractivity (Wildman–Crippen MR) is 124 cm³/mol. The minimum absolute atomic E-state index is 0.0617. The van der Waals surface area contributed by atoms with Gasteiger partial charge in [0.2, 0.25) is 0 Å². The molecule has 0 amide bonds. The van der Waals surface area contributed by atoms with E-state index in [2.05, 4.69) is 15.0 Å². The zero-order valence-corrected chi connectivity index (χ0v) is 19.4. The number of aryl methyl sites for hydroxylation is 1. The van der Waals surface area contributed by atoms with Gasteiger partial charge >= 0.3 is 0 Å². The first-order valence-electron chi connectivity index (χ1n) is 10.6. The van der Waals surface area contributed by atoms with E-state index in [9.17, 15) is 5.11 Å². The van der Waals surface area contributed by atoms with Crippen LogP contribution in [0.25, 0.3) is 5.52 Å². The third-order valence-corrected chi connectivity index (χ3v) is 8.28. The van der Waals surface area contributed by atoms with Crippen molar-refractivity contribution in [1.29, 1.82) is 0 Å². The van der Waals surface area contributed by atoms with Crippen LogP contribution in [0.4, 0.5) is 11.6 Å². The van der Waals surface area contributed by atoms with Crippen LogP contribution < -0.4 is 16.4 Å². The number of aromatic nitrogens is 4. The third-order valence-electron chi connectivity index (χ3n) is 6.55.